The summed E-state index contributed by atoms with van der Waals surface area (Å²) in [6, 6.07) is 0. The summed E-state index contributed by atoms with van der Waals surface area (Å²) in [6.07, 6.45) is 20.0. The lowest BCUT2D eigenvalue weighted by Gasteiger charge is -2.14. The van der Waals surface area contributed by atoms with Crippen molar-refractivity contribution in [3.8, 4) is 0 Å². The van der Waals surface area contributed by atoms with Crippen LogP contribution in [0.4, 0.5) is 0 Å². The van der Waals surface area contributed by atoms with Crippen molar-refractivity contribution in [2.45, 2.75) is 143 Å². The van der Waals surface area contributed by atoms with Gasteiger partial charge in [0.05, 0.1) is 12.7 Å². The molecule has 0 saturated heterocycles. The van der Waals surface area contributed by atoms with Crippen molar-refractivity contribution >= 4 is 11.9 Å². The van der Waals surface area contributed by atoms with E-state index >= 15 is 0 Å². The highest BCUT2D eigenvalue weighted by Crippen LogP contribution is 2.13. The number of ether oxygens (including phenoxy) is 2. The topological polar surface area (TPSA) is 52.6 Å². The minimum atomic E-state index is -0.482. The van der Waals surface area contributed by atoms with Crippen molar-refractivity contribution < 1.29 is 19.1 Å². The van der Waals surface area contributed by atoms with E-state index in [4.69, 9.17) is 9.47 Å². The summed E-state index contributed by atoms with van der Waals surface area (Å²) in [7, 11) is 0. The van der Waals surface area contributed by atoms with Crippen molar-refractivity contribution in [3.63, 3.8) is 0 Å². The van der Waals surface area contributed by atoms with Gasteiger partial charge in [0, 0.05) is 0 Å². The van der Waals surface area contributed by atoms with Gasteiger partial charge in [-0.05, 0) is 25.7 Å². The Kier molecular flexibility index (Phi) is 20.4. The van der Waals surface area contributed by atoms with Gasteiger partial charge in [0.25, 0.3) is 0 Å². The Morgan fingerprint density at radius 2 is 1.07 bits per heavy atom. The maximum Gasteiger partial charge on any atom is 0.317 e. The molecule has 0 aromatic heterocycles. The lowest BCUT2D eigenvalue weighted by Crippen LogP contribution is -2.20. The Morgan fingerprint density at radius 1 is 0.633 bits per heavy atom. The van der Waals surface area contributed by atoms with Gasteiger partial charge < -0.3 is 9.47 Å². The Balaban J connectivity index is 3.33. The van der Waals surface area contributed by atoms with Crippen LogP contribution in [0.5, 0.6) is 0 Å². The molecule has 1 atom stereocenters. The zero-order valence-electron chi connectivity index (χ0n) is 20.5. The number of hydrogen-bond acceptors (Lipinski definition) is 4. The number of rotatable bonds is 21. The molecule has 0 spiro atoms. The highest BCUT2D eigenvalue weighted by Gasteiger charge is 2.15. The largest absolute Gasteiger partial charge is 0.465 e. The highest BCUT2D eigenvalue weighted by atomic mass is 16.6. The smallest absolute Gasteiger partial charge is 0.317 e. The molecule has 30 heavy (non-hydrogen) atoms. The van der Waals surface area contributed by atoms with Crippen molar-refractivity contribution in [1.29, 1.82) is 0 Å². The SMILES string of the molecule is CCCCCCCCCCCCCCCCCOC(=O)CC(=O)OC(C)CC(C)C. The summed E-state index contributed by atoms with van der Waals surface area (Å²) >= 11 is 0. The van der Waals surface area contributed by atoms with Crippen molar-refractivity contribution in [1.82, 2.24) is 0 Å². The first-order chi connectivity index (χ1) is 14.5. The van der Waals surface area contributed by atoms with E-state index < -0.39 is 11.9 Å². The predicted octanol–water partition coefficient (Wildman–Crippen LogP) is 7.77. The fourth-order valence-corrected chi connectivity index (χ4v) is 3.81. The van der Waals surface area contributed by atoms with Crippen LogP contribution in [0.3, 0.4) is 0 Å². The molecule has 0 rings (SSSR count). The third-order valence-electron chi connectivity index (χ3n) is 5.44. The molecule has 0 N–H and O–H groups in total. The highest BCUT2D eigenvalue weighted by molar-refractivity contribution is 5.91. The number of carbonyl (C=O) groups is 2. The molecule has 4 heteroatoms. The van der Waals surface area contributed by atoms with Crippen LogP contribution >= 0.6 is 0 Å². The average molecular weight is 427 g/mol. The predicted molar refractivity (Wildman–Crippen MR) is 126 cm³/mol. The number of esters is 2. The number of unbranched alkanes of at least 4 members (excludes halogenated alkanes) is 14. The van der Waals surface area contributed by atoms with Crippen molar-refractivity contribution in [3.05, 3.63) is 0 Å². The van der Waals surface area contributed by atoms with Crippen molar-refractivity contribution in [2.24, 2.45) is 5.92 Å². The lowest BCUT2D eigenvalue weighted by molar-refractivity contribution is -0.157. The van der Waals surface area contributed by atoms with Crippen LogP contribution in [-0.4, -0.2) is 24.6 Å². The van der Waals surface area contributed by atoms with E-state index in [-0.39, 0.29) is 12.5 Å². The summed E-state index contributed by atoms with van der Waals surface area (Å²) in [5.41, 5.74) is 0. The molecule has 0 aliphatic heterocycles. The Morgan fingerprint density at radius 3 is 1.50 bits per heavy atom. The van der Waals surface area contributed by atoms with Gasteiger partial charge in [0.2, 0.25) is 0 Å². The maximum absolute atomic E-state index is 11.7. The summed E-state index contributed by atoms with van der Waals surface area (Å²) in [4.78, 5) is 23.4. The van der Waals surface area contributed by atoms with Crippen LogP contribution in [0, 0.1) is 5.92 Å². The van der Waals surface area contributed by atoms with E-state index in [1.807, 2.05) is 6.92 Å². The van der Waals surface area contributed by atoms with Crippen LogP contribution in [0.15, 0.2) is 0 Å². The van der Waals surface area contributed by atoms with Crippen LogP contribution < -0.4 is 0 Å². The molecule has 0 amide bonds. The monoisotopic (exact) mass is 426 g/mol. The van der Waals surface area contributed by atoms with Crippen LogP contribution in [0.1, 0.15) is 137 Å². The summed E-state index contributed by atoms with van der Waals surface area (Å²) < 4.78 is 10.4. The van der Waals surface area contributed by atoms with E-state index in [0.717, 1.165) is 19.3 Å². The Hall–Kier alpha value is -1.06. The lowest BCUT2D eigenvalue weighted by atomic mass is 10.0. The third-order valence-corrected chi connectivity index (χ3v) is 5.44. The van der Waals surface area contributed by atoms with Crippen LogP contribution in [0.2, 0.25) is 0 Å². The molecular weight excluding hydrogens is 376 g/mol. The molecular formula is C26H50O4. The normalized spacial score (nSPS) is 12.2. The third kappa shape index (κ3) is 21.6. The van der Waals surface area contributed by atoms with Crippen LogP contribution in [0.25, 0.3) is 0 Å². The molecule has 0 aliphatic carbocycles. The van der Waals surface area contributed by atoms with Gasteiger partial charge in [-0.15, -0.1) is 0 Å². The molecule has 0 bridgehead atoms. The first-order valence-corrected chi connectivity index (χ1v) is 12.8. The second kappa shape index (κ2) is 21.2. The van der Waals surface area contributed by atoms with Crippen molar-refractivity contribution in [2.75, 3.05) is 6.61 Å². The van der Waals surface area contributed by atoms with E-state index in [2.05, 4.69) is 20.8 Å². The number of carbonyl (C=O) groups excluding carboxylic acids is 2. The van der Waals surface area contributed by atoms with E-state index in [0.29, 0.717) is 12.5 Å². The standard InChI is InChI=1S/C26H50O4/c1-5-6-7-8-9-10-11-12-13-14-15-16-17-18-19-20-29-25(27)22-26(28)30-24(4)21-23(2)3/h23-24H,5-22H2,1-4H3. The first-order valence-electron chi connectivity index (χ1n) is 12.8. The molecule has 0 aromatic rings. The first kappa shape index (κ1) is 28.9. The maximum atomic E-state index is 11.7. The average Bonchev–Trinajstić information content (AvgIpc) is 2.66. The number of hydrogen-bond donors (Lipinski definition) is 0. The van der Waals surface area contributed by atoms with Crippen LogP contribution in [-0.2, 0) is 19.1 Å². The molecule has 0 saturated carbocycles. The fourth-order valence-electron chi connectivity index (χ4n) is 3.81. The minimum absolute atomic E-state index is 0.152. The second-order valence-electron chi connectivity index (χ2n) is 9.28. The Bertz CT molecular complexity index is 406. The molecule has 1 unspecified atom stereocenters. The fraction of sp³-hybridized carbons (Fsp3) is 0.923. The van der Waals surface area contributed by atoms with Gasteiger partial charge in [-0.1, -0.05) is 111 Å². The van der Waals surface area contributed by atoms with E-state index in [1.165, 1.54) is 83.5 Å². The molecule has 0 fully saturated rings. The molecule has 0 radical (unpaired) electrons. The van der Waals surface area contributed by atoms with E-state index in [1.54, 1.807) is 0 Å². The van der Waals surface area contributed by atoms with Gasteiger partial charge in [0.15, 0.2) is 0 Å². The van der Waals surface area contributed by atoms with Gasteiger partial charge >= 0.3 is 11.9 Å². The van der Waals surface area contributed by atoms with E-state index in [9.17, 15) is 9.59 Å². The van der Waals surface area contributed by atoms with Gasteiger partial charge in [-0.2, -0.15) is 0 Å². The molecule has 0 aliphatic rings. The minimum Gasteiger partial charge on any atom is -0.465 e. The zero-order valence-corrected chi connectivity index (χ0v) is 20.5. The molecule has 4 nitrogen and oxygen atoms in total. The van der Waals surface area contributed by atoms with Gasteiger partial charge in [-0.25, -0.2) is 0 Å². The summed E-state index contributed by atoms with van der Waals surface area (Å²) in [6.45, 7) is 8.70. The van der Waals surface area contributed by atoms with Gasteiger partial charge in [0.1, 0.15) is 6.42 Å². The quantitative estimate of drug-likeness (QED) is 0.107. The molecule has 0 aromatic carbocycles. The van der Waals surface area contributed by atoms with Gasteiger partial charge in [-0.3, -0.25) is 9.59 Å². The molecule has 178 valence electrons. The summed E-state index contributed by atoms with van der Waals surface area (Å²) in [5.74, 6) is -0.489. The second-order valence-corrected chi connectivity index (χ2v) is 9.28. The summed E-state index contributed by atoms with van der Waals surface area (Å²) in [5, 5.41) is 0. The Labute approximate surface area is 186 Å². The zero-order chi connectivity index (χ0) is 22.5. The molecule has 0 heterocycles.